The van der Waals surface area contributed by atoms with Gasteiger partial charge in [-0.05, 0) is 26.2 Å². The predicted molar refractivity (Wildman–Crippen MR) is 78.0 cm³/mol. The third kappa shape index (κ3) is 4.04. The molecule has 0 saturated heterocycles. The maximum atomic E-state index is 11.9. The van der Waals surface area contributed by atoms with E-state index in [2.05, 4.69) is 20.3 Å². The molecule has 6 nitrogen and oxygen atoms in total. The van der Waals surface area contributed by atoms with Crippen molar-refractivity contribution in [3.63, 3.8) is 0 Å². The van der Waals surface area contributed by atoms with Crippen molar-refractivity contribution in [2.75, 3.05) is 26.0 Å². The van der Waals surface area contributed by atoms with Crippen LogP contribution in [0.5, 0.6) is 0 Å². The Morgan fingerprint density at radius 2 is 2.20 bits per heavy atom. The highest BCUT2D eigenvalue weighted by Crippen LogP contribution is 2.09. The number of amides is 1. The SMILES string of the molecule is CN(C)CCn1cc(NC(=O)c2ccc(Cl)cn2)cn1. The highest BCUT2D eigenvalue weighted by Gasteiger charge is 2.08. The second kappa shape index (κ2) is 6.49. The first-order valence-corrected chi connectivity index (χ1v) is 6.52. The van der Waals surface area contributed by atoms with Crippen LogP contribution < -0.4 is 5.32 Å². The van der Waals surface area contributed by atoms with E-state index in [0.717, 1.165) is 13.1 Å². The molecular formula is C13H16ClN5O. The van der Waals surface area contributed by atoms with Crippen molar-refractivity contribution in [3.8, 4) is 0 Å². The van der Waals surface area contributed by atoms with Crippen LogP contribution in [0.3, 0.4) is 0 Å². The second-order valence-corrected chi connectivity index (χ2v) is 5.05. The summed E-state index contributed by atoms with van der Waals surface area (Å²) in [5.41, 5.74) is 0.959. The van der Waals surface area contributed by atoms with E-state index in [9.17, 15) is 4.79 Å². The van der Waals surface area contributed by atoms with E-state index in [1.54, 1.807) is 29.2 Å². The largest absolute Gasteiger partial charge is 0.318 e. The summed E-state index contributed by atoms with van der Waals surface area (Å²) < 4.78 is 1.78. The highest BCUT2D eigenvalue weighted by atomic mass is 35.5. The Labute approximate surface area is 122 Å². The fourth-order valence-corrected chi connectivity index (χ4v) is 1.67. The maximum Gasteiger partial charge on any atom is 0.274 e. The first-order chi connectivity index (χ1) is 9.54. The Bertz CT molecular complexity index is 579. The Morgan fingerprint density at radius 3 is 2.85 bits per heavy atom. The van der Waals surface area contributed by atoms with Gasteiger partial charge in [0.05, 0.1) is 23.5 Å². The second-order valence-electron chi connectivity index (χ2n) is 4.61. The van der Waals surface area contributed by atoms with Gasteiger partial charge in [-0.1, -0.05) is 11.6 Å². The highest BCUT2D eigenvalue weighted by molar-refractivity contribution is 6.30. The lowest BCUT2D eigenvalue weighted by atomic mass is 10.3. The fourth-order valence-electron chi connectivity index (χ4n) is 1.56. The van der Waals surface area contributed by atoms with Crippen LogP contribution in [0, 0.1) is 0 Å². The van der Waals surface area contributed by atoms with Gasteiger partial charge in [0.1, 0.15) is 5.69 Å². The number of carbonyl (C=O) groups is 1. The molecular weight excluding hydrogens is 278 g/mol. The normalized spacial score (nSPS) is 10.8. The molecule has 2 rings (SSSR count). The third-order valence-electron chi connectivity index (χ3n) is 2.63. The zero-order valence-electron chi connectivity index (χ0n) is 11.4. The molecule has 1 N–H and O–H groups in total. The lowest BCUT2D eigenvalue weighted by molar-refractivity contribution is 0.102. The molecule has 7 heteroatoms. The molecule has 0 aliphatic carbocycles. The standard InChI is InChI=1S/C13H16ClN5O/c1-18(2)5-6-19-9-11(8-16-19)17-13(20)12-4-3-10(14)7-15-12/h3-4,7-9H,5-6H2,1-2H3,(H,17,20). The van der Waals surface area contributed by atoms with Crippen molar-refractivity contribution in [3.05, 3.63) is 41.4 Å². The van der Waals surface area contributed by atoms with Gasteiger partial charge in [-0.2, -0.15) is 5.10 Å². The van der Waals surface area contributed by atoms with Crippen LogP contribution in [0.2, 0.25) is 5.02 Å². The van der Waals surface area contributed by atoms with Gasteiger partial charge in [0.15, 0.2) is 0 Å². The van der Waals surface area contributed by atoms with Crippen molar-refractivity contribution in [2.45, 2.75) is 6.54 Å². The zero-order valence-corrected chi connectivity index (χ0v) is 12.1. The van der Waals surface area contributed by atoms with Crippen LogP contribution in [-0.4, -0.2) is 46.2 Å². The molecule has 2 heterocycles. The van der Waals surface area contributed by atoms with Crippen molar-refractivity contribution < 1.29 is 4.79 Å². The van der Waals surface area contributed by atoms with E-state index >= 15 is 0 Å². The number of nitrogens with zero attached hydrogens (tertiary/aromatic N) is 4. The Hall–Kier alpha value is -1.92. The molecule has 106 valence electrons. The fraction of sp³-hybridized carbons (Fsp3) is 0.308. The number of rotatable bonds is 5. The van der Waals surface area contributed by atoms with Crippen LogP contribution in [-0.2, 0) is 6.54 Å². The number of hydrogen-bond donors (Lipinski definition) is 1. The maximum absolute atomic E-state index is 11.9. The molecule has 0 aliphatic rings. The summed E-state index contributed by atoms with van der Waals surface area (Å²) in [6.45, 7) is 1.65. The van der Waals surface area contributed by atoms with Crippen LogP contribution in [0.15, 0.2) is 30.7 Å². The van der Waals surface area contributed by atoms with E-state index in [1.807, 2.05) is 14.1 Å². The minimum Gasteiger partial charge on any atom is -0.318 e. The van der Waals surface area contributed by atoms with Gasteiger partial charge in [0.25, 0.3) is 5.91 Å². The number of aromatic nitrogens is 3. The van der Waals surface area contributed by atoms with Crippen molar-refractivity contribution in [2.24, 2.45) is 0 Å². The number of likely N-dealkylation sites (N-methyl/N-ethyl adjacent to an activating group) is 1. The molecule has 0 radical (unpaired) electrons. The quantitative estimate of drug-likeness (QED) is 0.912. The van der Waals surface area contributed by atoms with Crippen molar-refractivity contribution in [1.82, 2.24) is 19.7 Å². The lowest BCUT2D eigenvalue weighted by Gasteiger charge is -2.08. The molecule has 0 aliphatic heterocycles. The molecule has 0 unspecified atom stereocenters. The molecule has 0 bridgehead atoms. The summed E-state index contributed by atoms with van der Waals surface area (Å²) in [4.78, 5) is 18.0. The summed E-state index contributed by atoms with van der Waals surface area (Å²) in [7, 11) is 4.00. The van der Waals surface area contributed by atoms with E-state index in [4.69, 9.17) is 11.6 Å². The molecule has 2 aromatic rings. The summed E-state index contributed by atoms with van der Waals surface area (Å²) in [5, 5.41) is 7.43. The van der Waals surface area contributed by atoms with Crippen LogP contribution in [0.1, 0.15) is 10.5 Å². The van der Waals surface area contributed by atoms with E-state index in [1.165, 1.54) is 6.20 Å². The van der Waals surface area contributed by atoms with E-state index < -0.39 is 0 Å². The molecule has 0 spiro atoms. The molecule has 0 aromatic carbocycles. The molecule has 1 amide bonds. The van der Waals surface area contributed by atoms with Crippen molar-refractivity contribution >= 4 is 23.2 Å². The average molecular weight is 294 g/mol. The summed E-state index contributed by atoms with van der Waals surface area (Å²) in [6, 6.07) is 3.21. The van der Waals surface area contributed by atoms with E-state index in [-0.39, 0.29) is 5.91 Å². The zero-order chi connectivity index (χ0) is 14.5. The number of hydrogen-bond acceptors (Lipinski definition) is 4. The van der Waals surface area contributed by atoms with Gasteiger partial charge in [-0.3, -0.25) is 9.48 Å². The molecule has 20 heavy (non-hydrogen) atoms. The third-order valence-corrected chi connectivity index (χ3v) is 2.85. The van der Waals surface area contributed by atoms with Crippen LogP contribution in [0.25, 0.3) is 0 Å². The van der Waals surface area contributed by atoms with Gasteiger partial charge in [-0.15, -0.1) is 0 Å². The number of nitrogens with one attached hydrogen (secondary N) is 1. The lowest BCUT2D eigenvalue weighted by Crippen LogP contribution is -2.18. The smallest absolute Gasteiger partial charge is 0.274 e. The number of carbonyl (C=O) groups excluding carboxylic acids is 1. The number of pyridine rings is 1. The Morgan fingerprint density at radius 1 is 1.40 bits per heavy atom. The Balaban J connectivity index is 1.96. The van der Waals surface area contributed by atoms with Gasteiger partial charge in [0.2, 0.25) is 0 Å². The summed E-state index contributed by atoms with van der Waals surface area (Å²) in [6.07, 6.45) is 4.85. The number of halogens is 1. The molecule has 0 atom stereocenters. The van der Waals surface area contributed by atoms with E-state index in [0.29, 0.717) is 16.4 Å². The monoisotopic (exact) mass is 293 g/mol. The molecule has 2 aromatic heterocycles. The summed E-state index contributed by atoms with van der Waals surface area (Å²) >= 11 is 5.73. The summed E-state index contributed by atoms with van der Waals surface area (Å²) in [5.74, 6) is -0.283. The van der Waals surface area contributed by atoms with Gasteiger partial charge in [0, 0.05) is 18.9 Å². The van der Waals surface area contributed by atoms with Crippen molar-refractivity contribution in [1.29, 1.82) is 0 Å². The van der Waals surface area contributed by atoms with Gasteiger partial charge in [-0.25, -0.2) is 4.98 Å². The van der Waals surface area contributed by atoms with Gasteiger partial charge < -0.3 is 10.2 Å². The van der Waals surface area contributed by atoms with Crippen LogP contribution in [0.4, 0.5) is 5.69 Å². The molecule has 0 saturated carbocycles. The minimum atomic E-state index is -0.283. The van der Waals surface area contributed by atoms with Gasteiger partial charge >= 0.3 is 0 Å². The predicted octanol–water partition coefficient (Wildman–Crippen LogP) is 1.75. The first-order valence-electron chi connectivity index (χ1n) is 6.14. The average Bonchev–Trinajstić information content (AvgIpc) is 2.84. The number of anilines is 1. The Kier molecular flexibility index (Phi) is 4.70. The minimum absolute atomic E-state index is 0.283. The first kappa shape index (κ1) is 14.5. The topological polar surface area (TPSA) is 63.0 Å². The van der Waals surface area contributed by atoms with Crippen LogP contribution >= 0.6 is 11.6 Å². The molecule has 0 fully saturated rings.